The predicted octanol–water partition coefficient (Wildman–Crippen LogP) is 10.3. The number of nitrogens with two attached hydrogens (primary N) is 1. The van der Waals surface area contributed by atoms with E-state index in [1.54, 1.807) is 14.2 Å². The van der Waals surface area contributed by atoms with Gasteiger partial charge < -0.3 is 63.9 Å². The van der Waals surface area contributed by atoms with Crippen molar-refractivity contribution in [2.75, 3.05) is 66.8 Å². The highest BCUT2D eigenvalue weighted by Crippen LogP contribution is 2.35. The molecule has 0 saturated carbocycles. The van der Waals surface area contributed by atoms with Crippen LogP contribution in [-0.2, 0) is 54.4 Å². The van der Waals surface area contributed by atoms with Crippen LogP contribution in [0.25, 0.3) is 0 Å². The van der Waals surface area contributed by atoms with E-state index in [1.807, 2.05) is 109 Å². The fraction of sp³-hybridized carbons (Fsp3) is 0.514. The van der Waals surface area contributed by atoms with Gasteiger partial charge in [-0.3, -0.25) is 19.9 Å². The monoisotopic (exact) mass is 1310 g/mol. The number of ether oxygens (including phenoxy) is 9. The van der Waals surface area contributed by atoms with Gasteiger partial charge in [-0.25, -0.2) is 9.59 Å². The van der Waals surface area contributed by atoms with Gasteiger partial charge in [-0.2, -0.15) is 10.5 Å². The van der Waals surface area contributed by atoms with Crippen LogP contribution in [0.1, 0.15) is 88.5 Å². The van der Waals surface area contributed by atoms with Gasteiger partial charge in [-0.1, -0.05) is 113 Å². The number of benzene rings is 5. The van der Waals surface area contributed by atoms with Crippen LogP contribution in [-0.4, -0.2) is 153 Å². The molecule has 23 heteroatoms. The normalized spacial score (nSPS) is 20.1. The molecule has 504 valence electrons. The number of aliphatic hydroxyl groups is 2. The second kappa shape index (κ2) is 37.4. The van der Waals surface area contributed by atoms with Gasteiger partial charge in [0.05, 0.1) is 87.8 Å². The van der Waals surface area contributed by atoms with Crippen LogP contribution in [0, 0.1) is 55.4 Å². The number of nitrogens with zero attached hydrogens (tertiary/aromatic N) is 5. The summed E-state index contributed by atoms with van der Waals surface area (Å²) in [5.41, 5.74) is 10.4. The smallest absolute Gasteiger partial charge is 0.497 e. The maximum absolute atomic E-state index is 13.1. The summed E-state index contributed by atoms with van der Waals surface area (Å²) >= 11 is 0. The van der Waals surface area contributed by atoms with E-state index in [0.29, 0.717) is 78.2 Å². The molecule has 22 nitrogen and oxygen atoms in total. The van der Waals surface area contributed by atoms with E-state index < -0.39 is 35.4 Å². The van der Waals surface area contributed by atoms with Crippen molar-refractivity contribution in [3.63, 3.8) is 0 Å². The fourth-order valence-corrected chi connectivity index (χ4v) is 11.8. The molecule has 1 amide bonds. The fourth-order valence-electron chi connectivity index (χ4n) is 11.8. The van der Waals surface area contributed by atoms with Gasteiger partial charge in [-0.15, -0.1) is 12.4 Å². The molecule has 10 atom stereocenters. The number of nitro groups is 1. The summed E-state index contributed by atoms with van der Waals surface area (Å²) in [6.45, 7) is 13.9. The van der Waals surface area contributed by atoms with Crippen LogP contribution in [0.4, 0.5) is 15.3 Å². The highest BCUT2D eigenvalue weighted by Gasteiger charge is 2.45. The van der Waals surface area contributed by atoms with Gasteiger partial charge in [0.15, 0.2) is 12.6 Å². The van der Waals surface area contributed by atoms with E-state index in [2.05, 4.69) is 54.9 Å². The van der Waals surface area contributed by atoms with Gasteiger partial charge in [-0.05, 0) is 108 Å². The Kier molecular flexibility index (Phi) is 30.0. The Labute approximate surface area is 552 Å². The number of carbonyl (C=O) groups excluding carboxylic acids is 2. The molecular weight excluding hydrogens is 1210 g/mol. The first kappa shape index (κ1) is 74.6. The molecule has 5 aromatic rings. The molecule has 93 heavy (non-hydrogen) atoms. The molecule has 0 radical (unpaired) electrons. The molecule has 0 bridgehead atoms. The maximum Gasteiger partial charge on any atom is 0.514 e. The van der Waals surface area contributed by atoms with Crippen LogP contribution in [0.3, 0.4) is 0 Å². The summed E-state index contributed by atoms with van der Waals surface area (Å²) in [6, 6.07) is 44.5. The second-order valence-corrected chi connectivity index (χ2v) is 25.4. The van der Waals surface area contributed by atoms with E-state index in [4.69, 9.17) is 58.9 Å². The van der Waals surface area contributed by atoms with Gasteiger partial charge in [0.25, 0.3) is 5.69 Å². The summed E-state index contributed by atoms with van der Waals surface area (Å²) in [4.78, 5) is 39.2. The highest BCUT2D eigenvalue weighted by molar-refractivity contribution is 5.85. The lowest BCUT2D eigenvalue weighted by Gasteiger charge is -2.35. The molecular formula is C70H92ClN7O15. The van der Waals surface area contributed by atoms with Crippen molar-refractivity contribution >= 4 is 30.3 Å². The summed E-state index contributed by atoms with van der Waals surface area (Å²) < 4.78 is 48.4. The minimum Gasteiger partial charge on any atom is -0.497 e. The zero-order valence-electron chi connectivity index (χ0n) is 54.1. The molecule has 9 rings (SSSR count). The SMILES string of the molecule is COc1ccc(CN(CC(O)[C@@H](N)Cc2ccccc2)CC(C)(C)CCC#N)cc1.COc1ccc(CN(CC(O)[C@H](Cc2ccccc2)NC(=O)OC2COC3OCCC23)CC(C)(C)CCC#N)cc1.Cl.O=C(Oc1ccc([N+](=O)[O-])cc1)OC1COC2OCCC12. The number of nitro benzene ring substituents is 1. The Hall–Kier alpha value is -7.45. The molecule has 0 spiro atoms. The largest absolute Gasteiger partial charge is 0.514 e. The first-order valence-electron chi connectivity index (χ1n) is 31.4. The van der Waals surface area contributed by atoms with Gasteiger partial charge in [0.1, 0.15) is 29.5 Å². The van der Waals surface area contributed by atoms with Crippen molar-refractivity contribution in [1.29, 1.82) is 10.5 Å². The quantitative estimate of drug-likeness (QED) is 0.0150. The Morgan fingerprint density at radius 1 is 0.645 bits per heavy atom. The van der Waals surface area contributed by atoms with E-state index >= 15 is 0 Å². The minimum absolute atomic E-state index is 0. The maximum atomic E-state index is 13.1. The number of alkyl carbamates (subject to hydrolysis) is 1. The van der Waals surface area contributed by atoms with E-state index in [-0.39, 0.29) is 83.9 Å². The van der Waals surface area contributed by atoms with Crippen LogP contribution in [0.15, 0.2) is 133 Å². The molecule has 4 heterocycles. The number of nitrogens with one attached hydrogen (secondary N) is 1. The van der Waals surface area contributed by atoms with Gasteiger partial charge in [0, 0.05) is 70.3 Å². The summed E-state index contributed by atoms with van der Waals surface area (Å²) in [6.07, 6.45) is 0.883. The van der Waals surface area contributed by atoms with Crippen LogP contribution < -0.4 is 25.3 Å². The van der Waals surface area contributed by atoms with Gasteiger partial charge >= 0.3 is 12.2 Å². The van der Waals surface area contributed by atoms with E-state index in [0.717, 1.165) is 66.0 Å². The number of rotatable bonds is 29. The number of halogens is 1. The number of carbonyl (C=O) groups is 2. The van der Waals surface area contributed by atoms with Crippen LogP contribution in [0.2, 0.25) is 0 Å². The highest BCUT2D eigenvalue weighted by atomic mass is 35.5. The second-order valence-electron chi connectivity index (χ2n) is 25.4. The third kappa shape index (κ3) is 24.8. The lowest BCUT2D eigenvalue weighted by atomic mass is 9.87. The lowest BCUT2D eigenvalue weighted by molar-refractivity contribution is -0.384. The standard InChI is InChI=1S/C32H43N3O6.C25H35N3O2.C13H13NO7.ClH/c1-32(2,15-7-16-33)22-35(19-24-10-12-25(38-3)13-11-24)20-28(36)27(18-23-8-5-4-6-9-23)34-31(37)41-29-21-40-30-26(29)14-17-39-30;1-25(2,14-7-15-26)19-28(17-21-10-12-22(30-3)13-11-21)18-24(29)23(27)16-20-8-5-4-6-9-20;15-13(20-9-3-1-8(2-4-9)14(16)17)21-11-7-19-12-10(11)5-6-18-12;/h4-6,8-13,26-30,36H,7,14-15,17-22H2,1-3H3,(H,34,37);4-6,8-13,23-24,29H,7,14,16-19,27H2,1-3H3;1-4,10-12H,5-7H2;1H/t26?,27-,28?,29?,30?;23-,24?;;/m00../s1. The molecule has 5 N–H and O–H groups in total. The van der Waals surface area contributed by atoms with Crippen molar-refractivity contribution in [3.05, 3.63) is 166 Å². The number of nitriles is 2. The average Bonchev–Trinajstić information content (AvgIpc) is 1.76. The molecule has 8 unspecified atom stereocenters. The van der Waals surface area contributed by atoms with Crippen LogP contribution in [0.5, 0.6) is 17.2 Å². The minimum atomic E-state index is -0.879. The first-order valence-corrected chi connectivity index (χ1v) is 31.4. The molecule has 4 aliphatic heterocycles. The van der Waals surface area contributed by atoms with Crippen molar-refractivity contribution < 1.29 is 67.4 Å². The average molecular weight is 1310 g/mol. The third-order valence-corrected chi connectivity index (χ3v) is 16.8. The van der Waals surface area contributed by atoms with Crippen molar-refractivity contribution in [3.8, 4) is 29.4 Å². The number of hydrogen-bond acceptors (Lipinski definition) is 20. The molecule has 4 fully saturated rings. The molecule has 0 aliphatic carbocycles. The Bertz CT molecular complexity index is 3120. The van der Waals surface area contributed by atoms with Crippen molar-refractivity contribution in [2.24, 2.45) is 28.4 Å². The number of aliphatic hydroxyl groups excluding tert-OH is 2. The topological polar surface area (TPSA) is 293 Å². The Morgan fingerprint density at radius 3 is 1.54 bits per heavy atom. The van der Waals surface area contributed by atoms with E-state index in [1.165, 1.54) is 24.3 Å². The zero-order chi connectivity index (χ0) is 66.0. The third-order valence-electron chi connectivity index (χ3n) is 16.8. The first-order chi connectivity index (χ1) is 44.2. The molecule has 0 aromatic heterocycles. The van der Waals surface area contributed by atoms with Crippen molar-refractivity contribution in [1.82, 2.24) is 15.1 Å². The number of hydrogen-bond donors (Lipinski definition) is 4. The number of non-ortho nitro benzene ring substituents is 1. The molecule has 4 saturated heterocycles. The predicted molar refractivity (Wildman–Crippen MR) is 350 cm³/mol. The summed E-state index contributed by atoms with van der Waals surface area (Å²) in [7, 11) is 3.30. The number of methoxy groups -OCH3 is 2. The molecule has 5 aromatic carbocycles. The zero-order valence-corrected chi connectivity index (χ0v) is 54.9. The van der Waals surface area contributed by atoms with Crippen LogP contribution >= 0.6 is 12.4 Å². The number of fused-ring (bicyclic) bond motifs is 2. The number of amides is 1. The molecule has 4 aliphatic rings. The van der Waals surface area contributed by atoms with Gasteiger partial charge in [0.2, 0.25) is 0 Å². The lowest BCUT2D eigenvalue weighted by Crippen LogP contribution is -2.51. The van der Waals surface area contributed by atoms with E-state index in [9.17, 15) is 29.9 Å². The van der Waals surface area contributed by atoms with Crippen molar-refractivity contribution in [2.45, 2.75) is 141 Å². The summed E-state index contributed by atoms with van der Waals surface area (Å²) in [5.74, 6) is 1.86. The summed E-state index contributed by atoms with van der Waals surface area (Å²) in [5, 5.41) is 54.1. The Balaban J connectivity index is 0.000000232. The Morgan fingerprint density at radius 2 is 1.09 bits per heavy atom.